The van der Waals surface area contributed by atoms with Crippen molar-refractivity contribution in [1.29, 1.82) is 0 Å². The molecule has 3 heteroatoms. The van der Waals surface area contributed by atoms with Crippen LogP contribution in [0, 0.1) is 6.92 Å². The van der Waals surface area contributed by atoms with E-state index in [0.717, 1.165) is 16.3 Å². The number of hydrogen-bond acceptors (Lipinski definition) is 2. The number of aromatic nitrogens is 1. The number of benzene rings is 2. The molecule has 3 rings (SSSR count). The summed E-state index contributed by atoms with van der Waals surface area (Å²) in [5, 5.41) is 4.87. The van der Waals surface area contributed by atoms with E-state index in [0.29, 0.717) is 12.1 Å². The van der Waals surface area contributed by atoms with Gasteiger partial charge in [-0.15, -0.1) is 0 Å². The molecule has 21 heavy (non-hydrogen) atoms. The first kappa shape index (κ1) is 13.3. The molecule has 0 saturated heterocycles. The van der Waals surface area contributed by atoms with Crippen molar-refractivity contribution >= 4 is 16.7 Å². The number of pyridine rings is 1. The number of carbonyl (C=O) groups excluding carboxylic acids is 1. The van der Waals surface area contributed by atoms with Gasteiger partial charge in [0.05, 0.1) is 0 Å². The van der Waals surface area contributed by atoms with Crippen LogP contribution in [-0.4, -0.2) is 10.9 Å². The zero-order chi connectivity index (χ0) is 14.7. The van der Waals surface area contributed by atoms with Gasteiger partial charge < -0.3 is 5.32 Å². The third-order valence-corrected chi connectivity index (χ3v) is 3.46. The Morgan fingerprint density at radius 3 is 2.86 bits per heavy atom. The van der Waals surface area contributed by atoms with Gasteiger partial charge in [0.15, 0.2) is 0 Å². The van der Waals surface area contributed by atoms with Gasteiger partial charge in [0, 0.05) is 29.9 Å². The lowest BCUT2D eigenvalue weighted by Gasteiger charge is -2.08. The number of nitrogens with one attached hydrogen (secondary N) is 1. The van der Waals surface area contributed by atoms with Crippen LogP contribution < -0.4 is 5.32 Å². The third kappa shape index (κ3) is 2.92. The second-order valence-corrected chi connectivity index (χ2v) is 5.07. The molecule has 0 unspecified atom stereocenters. The number of carbonyl (C=O) groups is 1. The molecule has 0 atom stereocenters. The highest BCUT2D eigenvalue weighted by molar-refractivity contribution is 6.06. The second kappa shape index (κ2) is 5.75. The van der Waals surface area contributed by atoms with Crippen LogP contribution in [0.5, 0.6) is 0 Å². The average Bonchev–Trinajstić information content (AvgIpc) is 2.52. The summed E-state index contributed by atoms with van der Waals surface area (Å²) in [7, 11) is 0. The first-order valence-electron chi connectivity index (χ1n) is 6.90. The van der Waals surface area contributed by atoms with Gasteiger partial charge in [0.2, 0.25) is 0 Å². The highest BCUT2D eigenvalue weighted by atomic mass is 16.1. The molecule has 0 spiro atoms. The van der Waals surface area contributed by atoms with Gasteiger partial charge in [-0.2, -0.15) is 0 Å². The maximum Gasteiger partial charge on any atom is 0.252 e. The average molecular weight is 276 g/mol. The van der Waals surface area contributed by atoms with Crippen molar-refractivity contribution in [2.75, 3.05) is 0 Å². The highest BCUT2D eigenvalue weighted by Crippen LogP contribution is 2.17. The number of amides is 1. The molecule has 0 aliphatic rings. The lowest BCUT2D eigenvalue weighted by atomic mass is 10.1. The molecule has 0 aliphatic heterocycles. The molecule has 1 amide bonds. The van der Waals surface area contributed by atoms with Crippen LogP contribution in [0.25, 0.3) is 10.8 Å². The van der Waals surface area contributed by atoms with Crippen LogP contribution >= 0.6 is 0 Å². The van der Waals surface area contributed by atoms with E-state index in [1.807, 2.05) is 49.4 Å². The summed E-state index contributed by atoms with van der Waals surface area (Å²) >= 11 is 0. The Morgan fingerprint density at radius 1 is 1.14 bits per heavy atom. The van der Waals surface area contributed by atoms with Gasteiger partial charge >= 0.3 is 0 Å². The van der Waals surface area contributed by atoms with Gasteiger partial charge in [0.1, 0.15) is 0 Å². The Balaban J connectivity index is 1.81. The molecule has 1 aromatic heterocycles. The van der Waals surface area contributed by atoms with Crippen LogP contribution in [0.4, 0.5) is 0 Å². The number of aryl methyl sites for hydroxylation is 1. The Labute approximate surface area is 123 Å². The molecule has 0 fully saturated rings. The van der Waals surface area contributed by atoms with Crippen LogP contribution in [0.3, 0.4) is 0 Å². The fourth-order valence-corrected chi connectivity index (χ4v) is 2.41. The predicted molar refractivity (Wildman–Crippen MR) is 84.1 cm³/mol. The van der Waals surface area contributed by atoms with Crippen molar-refractivity contribution in [3.8, 4) is 0 Å². The SMILES string of the molecule is Cc1cccc(CNC(=O)c2cccc3ccncc23)c1. The molecule has 3 aromatic rings. The quantitative estimate of drug-likeness (QED) is 0.796. The van der Waals surface area contributed by atoms with E-state index in [2.05, 4.69) is 16.4 Å². The minimum absolute atomic E-state index is 0.0740. The van der Waals surface area contributed by atoms with Crippen LogP contribution in [0.15, 0.2) is 60.9 Å². The van der Waals surface area contributed by atoms with E-state index in [9.17, 15) is 4.79 Å². The number of hydrogen-bond donors (Lipinski definition) is 1. The summed E-state index contributed by atoms with van der Waals surface area (Å²) < 4.78 is 0. The summed E-state index contributed by atoms with van der Waals surface area (Å²) in [5.74, 6) is -0.0740. The topological polar surface area (TPSA) is 42.0 Å². The first-order valence-corrected chi connectivity index (χ1v) is 6.90. The molecular weight excluding hydrogens is 260 g/mol. The molecule has 104 valence electrons. The minimum atomic E-state index is -0.0740. The maximum absolute atomic E-state index is 12.4. The second-order valence-electron chi connectivity index (χ2n) is 5.07. The summed E-state index contributed by atoms with van der Waals surface area (Å²) in [5.41, 5.74) is 2.95. The summed E-state index contributed by atoms with van der Waals surface area (Å²) in [6, 6.07) is 15.7. The van der Waals surface area contributed by atoms with Crippen molar-refractivity contribution in [2.24, 2.45) is 0 Å². The molecule has 1 N–H and O–H groups in total. The number of rotatable bonds is 3. The van der Waals surface area contributed by atoms with Crippen molar-refractivity contribution in [3.05, 3.63) is 77.6 Å². The fraction of sp³-hybridized carbons (Fsp3) is 0.111. The lowest BCUT2D eigenvalue weighted by molar-refractivity contribution is 0.0952. The van der Waals surface area contributed by atoms with Crippen molar-refractivity contribution in [3.63, 3.8) is 0 Å². The van der Waals surface area contributed by atoms with Gasteiger partial charge in [-0.05, 0) is 30.0 Å². The molecular formula is C18H16N2O. The zero-order valence-corrected chi connectivity index (χ0v) is 11.8. The molecule has 3 nitrogen and oxygen atoms in total. The fourth-order valence-electron chi connectivity index (χ4n) is 2.41. The van der Waals surface area contributed by atoms with E-state index in [1.54, 1.807) is 12.4 Å². The Kier molecular flexibility index (Phi) is 3.65. The summed E-state index contributed by atoms with van der Waals surface area (Å²) in [4.78, 5) is 16.5. The van der Waals surface area contributed by atoms with Crippen molar-refractivity contribution in [1.82, 2.24) is 10.3 Å². The van der Waals surface area contributed by atoms with Gasteiger partial charge in [-0.3, -0.25) is 9.78 Å². The molecule has 0 aliphatic carbocycles. The van der Waals surface area contributed by atoms with Crippen molar-refractivity contribution < 1.29 is 4.79 Å². The van der Waals surface area contributed by atoms with E-state index < -0.39 is 0 Å². The standard InChI is InChI=1S/C18H16N2O/c1-13-4-2-5-14(10-13)11-20-18(21)16-7-3-6-15-8-9-19-12-17(15)16/h2-10,12H,11H2,1H3,(H,20,21). The normalized spacial score (nSPS) is 10.5. The van der Waals surface area contributed by atoms with Gasteiger partial charge in [-0.1, -0.05) is 42.0 Å². The Bertz CT molecular complexity index is 791. The molecule has 2 aromatic carbocycles. The third-order valence-electron chi connectivity index (χ3n) is 3.46. The molecule has 0 radical (unpaired) electrons. The van der Waals surface area contributed by atoms with Gasteiger partial charge in [0.25, 0.3) is 5.91 Å². The van der Waals surface area contributed by atoms with E-state index >= 15 is 0 Å². The maximum atomic E-state index is 12.4. The van der Waals surface area contributed by atoms with Crippen LogP contribution in [0.1, 0.15) is 21.5 Å². The van der Waals surface area contributed by atoms with Crippen LogP contribution in [-0.2, 0) is 6.54 Å². The Hall–Kier alpha value is -2.68. The lowest BCUT2D eigenvalue weighted by Crippen LogP contribution is -2.23. The highest BCUT2D eigenvalue weighted by Gasteiger charge is 2.09. The number of nitrogens with zero attached hydrogens (tertiary/aromatic N) is 1. The van der Waals surface area contributed by atoms with E-state index in [1.165, 1.54) is 5.56 Å². The van der Waals surface area contributed by atoms with E-state index in [4.69, 9.17) is 0 Å². The molecule has 0 saturated carbocycles. The predicted octanol–water partition coefficient (Wildman–Crippen LogP) is 3.47. The Morgan fingerprint density at radius 2 is 2.00 bits per heavy atom. The minimum Gasteiger partial charge on any atom is -0.348 e. The summed E-state index contributed by atoms with van der Waals surface area (Å²) in [6.07, 6.45) is 3.47. The van der Waals surface area contributed by atoms with Crippen LogP contribution in [0.2, 0.25) is 0 Å². The van der Waals surface area contributed by atoms with Gasteiger partial charge in [-0.25, -0.2) is 0 Å². The largest absolute Gasteiger partial charge is 0.348 e. The first-order chi connectivity index (χ1) is 10.2. The zero-order valence-electron chi connectivity index (χ0n) is 11.8. The smallest absolute Gasteiger partial charge is 0.252 e. The summed E-state index contributed by atoms with van der Waals surface area (Å²) in [6.45, 7) is 2.57. The monoisotopic (exact) mass is 276 g/mol. The number of fused-ring (bicyclic) bond motifs is 1. The van der Waals surface area contributed by atoms with Crippen molar-refractivity contribution in [2.45, 2.75) is 13.5 Å². The molecule has 1 heterocycles. The van der Waals surface area contributed by atoms with E-state index in [-0.39, 0.29) is 5.91 Å². The molecule has 0 bridgehead atoms.